The zero-order chi connectivity index (χ0) is 13.3. The molecule has 1 aliphatic rings. The summed E-state index contributed by atoms with van der Waals surface area (Å²) < 4.78 is 5.36. The van der Waals surface area contributed by atoms with E-state index in [1.165, 1.54) is 11.9 Å². The number of nitrogens with two attached hydrogens (primary N) is 1. The van der Waals surface area contributed by atoms with Crippen molar-refractivity contribution in [3.8, 4) is 5.75 Å². The number of amides is 1. The van der Waals surface area contributed by atoms with Crippen LogP contribution in [0.4, 0.5) is 5.69 Å². The molecule has 0 aliphatic carbocycles. The van der Waals surface area contributed by atoms with Gasteiger partial charge in [0, 0.05) is 19.2 Å². The van der Waals surface area contributed by atoms with Crippen molar-refractivity contribution in [1.82, 2.24) is 0 Å². The Morgan fingerprint density at radius 1 is 1.50 bits per heavy atom. The largest absolute Gasteiger partial charge is 0.493 e. The van der Waals surface area contributed by atoms with Gasteiger partial charge in [0.05, 0.1) is 6.61 Å². The monoisotopic (exact) mass is 250 g/mol. The van der Waals surface area contributed by atoms with Gasteiger partial charge in [-0.2, -0.15) is 0 Å². The third-order valence-corrected chi connectivity index (χ3v) is 2.92. The van der Waals surface area contributed by atoms with E-state index in [2.05, 4.69) is 0 Å². The van der Waals surface area contributed by atoms with Crippen LogP contribution in [0.25, 0.3) is 0 Å². The molecule has 2 rings (SSSR count). The Hall–Kier alpha value is -2.08. The minimum atomic E-state index is -1.54. The van der Waals surface area contributed by atoms with Crippen LogP contribution >= 0.6 is 0 Å². The Kier molecular flexibility index (Phi) is 3.20. The molecule has 1 aliphatic heterocycles. The summed E-state index contributed by atoms with van der Waals surface area (Å²) in [5.74, 6) is -1.18. The molecular formula is C12H14N2O4. The molecule has 1 aromatic carbocycles. The van der Waals surface area contributed by atoms with Gasteiger partial charge in [-0.05, 0) is 23.8 Å². The van der Waals surface area contributed by atoms with Gasteiger partial charge in [-0.15, -0.1) is 0 Å². The Morgan fingerprint density at radius 2 is 2.22 bits per heavy atom. The maximum absolute atomic E-state index is 11.8. The minimum absolute atomic E-state index is 0.612. The van der Waals surface area contributed by atoms with Crippen molar-refractivity contribution < 1.29 is 19.4 Å². The van der Waals surface area contributed by atoms with E-state index < -0.39 is 17.9 Å². The van der Waals surface area contributed by atoms with Crippen molar-refractivity contribution in [1.29, 1.82) is 0 Å². The van der Waals surface area contributed by atoms with Crippen LogP contribution in [0, 0.1) is 0 Å². The summed E-state index contributed by atoms with van der Waals surface area (Å²) in [5, 5.41) is 8.71. The Labute approximate surface area is 104 Å². The zero-order valence-corrected chi connectivity index (χ0v) is 9.92. The van der Waals surface area contributed by atoms with Crippen molar-refractivity contribution >= 4 is 17.6 Å². The number of carboxylic acid groups (broad SMARTS) is 1. The summed E-state index contributed by atoms with van der Waals surface area (Å²) in [7, 11) is 1.50. The predicted molar refractivity (Wildman–Crippen MR) is 64.7 cm³/mol. The first-order chi connectivity index (χ1) is 8.50. The van der Waals surface area contributed by atoms with Gasteiger partial charge >= 0.3 is 5.97 Å². The number of benzene rings is 1. The SMILES string of the molecule is CN(C(=O)C(N)C(=O)O)c1ccc2c(c1)CCO2. The van der Waals surface area contributed by atoms with Gasteiger partial charge in [-0.1, -0.05) is 0 Å². The highest BCUT2D eigenvalue weighted by Gasteiger charge is 2.26. The maximum atomic E-state index is 11.8. The number of carbonyl (C=O) groups is 2. The number of likely N-dealkylation sites (N-methyl/N-ethyl adjacent to an activating group) is 1. The van der Waals surface area contributed by atoms with Crippen molar-refractivity contribution in [2.45, 2.75) is 12.5 Å². The Balaban J connectivity index is 2.21. The van der Waals surface area contributed by atoms with E-state index in [-0.39, 0.29) is 0 Å². The molecule has 96 valence electrons. The fourth-order valence-electron chi connectivity index (χ4n) is 1.82. The van der Waals surface area contributed by atoms with Crippen molar-refractivity contribution in [2.24, 2.45) is 5.73 Å². The Bertz CT molecular complexity index is 501. The first kappa shape index (κ1) is 12.4. The highest BCUT2D eigenvalue weighted by atomic mass is 16.5. The molecule has 0 fully saturated rings. The number of hydrogen-bond donors (Lipinski definition) is 2. The number of aliphatic carboxylic acids is 1. The average molecular weight is 250 g/mol. The highest BCUT2D eigenvalue weighted by Crippen LogP contribution is 2.29. The lowest BCUT2D eigenvalue weighted by Crippen LogP contribution is -2.46. The van der Waals surface area contributed by atoms with E-state index >= 15 is 0 Å². The number of carboxylic acids is 1. The standard InChI is InChI=1S/C12H14N2O4/c1-14(11(15)10(13)12(16)17)8-2-3-9-7(6-8)4-5-18-9/h2-3,6,10H,4-5,13H2,1H3,(H,16,17). The molecule has 1 atom stereocenters. The number of fused-ring (bicyclic) bond motifs is 1. The lowest BCUT2D eigenvalue weighted by molar-refractivity contribution is -0.142. The lowest BCUT2D eigenvalue weighted by Gasteiger charge is -2.20. The predicted octanol–water partition coefficient (Wildman–Crippen LogP) is -0.00380. The van der Waals surface area contributed by atoms with Gasteiger partial charge in [0.15, 0.2) is 6.04 Å². The van der Waals surface area contributed by atoms with Gasteiger partial charge in [0.1, 0.15) is 5.75 Å². The number of carbonyl (C=O) groups excluding carboxylic acids is 1. The summed E-state index contributed by atoms with van der Waals surface area (Å²) in [5.41, 5.74) is 6.92. The summed E-state index contributed by atoms with van der Waals surface area (Å²) in [4.78, 5) is 23.7. The van der Waals surface area contributed by atoms with Gasteiger partial charge < -0.3 is 20.5 Å². The summed E-state index contributed by atoms with van der Waals surface area (Å²) in [6.45, 7) is 0.630. The molecule has 0 bridgehead atoms. The quantitative estimate of drug-likeness (QED) is 0.736. The van der Waals surface area contributed by atoms with Gasteiger partial charge in [0.2, 0.25) is 0 Å². The van der Waals surface area contributed by atoms with Crippen molar-refractivity contribution in [3.63, 3.8) is 0 Å². The molecule has 6 heteroatoms. The lowest BCUT2D eigenvalue weighted by atomic mass is 10.1. The molecule has 3 N–H and O–H groups in total. The van der Waals surface area contributed by atoms with E-state index in [0.717, 1.165) is 17.7 Å². The van der Waals surface area contributed by atoms with Crippen LogP contribution in [0.5, 0.6) is 5.75 Å². The molecule has 1 aromatic rings. The normalized spacial score (nSPS) is 14.6. The van der Waals surface area contributed by atoms with E-state index in [4.69, 9.17) is 15.6 Å². The average Bonchev–Trinajstić information content (AvgIpc) is 2.82. The summed E-state index contributed by atoms with van der Waals surface area (Å²) in [6, 6.07) is 3.75. The van der Waals surface area contributed by atoms with E-state index in [0.29, 0.717) is 12.3 Å². The first-order valence-electron chi connectivity index (χ1n) is 5.52. The van der Waals surface area contributed by atoms with Crippen molar-refractivity contribution in [2.75, 3.05) is 18.6 Å². The molecule has 18 heavy (non-hydrogen) atoms. The molecule has 0 saturated carbocycles. The fourth-order valence-corrected chi connectivity index (χ4v) is 1.82. The Morgan fingerprint density at radius 3 is 2.89 bits per heavy atom. The van der Waals surface area contributed by atoms with Crippen LogP contribution in [0.2, 0.25) is 0 Å². The molecule has 0 radical (unpaired) electrons. The summed E-state index contributed by atoms with van der Waals surface area (Å²) >= 11 is 0. The van der Waals surface area contributed by atoms with E-state index in [1.807, 2.05) is 6.07 Å². The van der Waals surface area contributed by atoms with E-state index in [1.54, 1.807) is 12.1 Å². The number of ether oxygens (including phenoxy) is 1. The van der Waals surface area contributed by atoms with Crippen LogP contribution in [-0.2, 0) is 16.0 Å². The zero-order valence-electron chi connectivity index (χ0n) is 9.92. The fraction of sp³-hybridized carbons (Fsp3) is 0.333. The second-order valence-corrected chi connectivity index (χ2v) is 4.10. The van der Waals surface area contributed by atoms with Crippen molar-refractivity contribution in [3.05, 3.63) is 23.8 Å². The van der Waals surface area contributed by atoms with Crippen LogP contribution in [0.1, 0.15) is 5.56 Å². The number of hydrogen-bond acceptors (Lipinski definition) is 4. The minimum Gasteiger partial charge on any atom is -0.493 e. The second kappa shape index (κ2) is 4.66. The molecule has 6 nitrogen and oxygen atoms in total. The molecule has 0 spiro atoms. The van der Waals surface area contributed by atoms with Crippen LogP contribution in [-0.4, -0.2) is 36.7 Å². The first-order valence-corrected chi connectivity index (χ1v) is 5.52. The number of rotatable bonds is 3. The molecular weight excluding hydrogens is 236 g/mol. The maximum Gasteiger partial charge on any atom is 0.330 e. The van der Waals surface area contributed by atoms with Gasteiger partial charge in [-0.3, -0.25) is 4.79 Å². The molecule has 1 amide bonds. The molecule has 0 aromatic heterocycles. The number of anilines is 1. The molecule has 1 heterocycles. The van der Waals surface area contributed by atoms with E-state index in [9.17, 15) is 9.59 Å². The van der Waals surface area contributed by atoms with Gasteiger partial charge in [-0.25, -0.2) is 4.79 Å². The van der Waals surface area contributed by atoms with Gasteiger partial charge in [0.25, 0.3) is 5.91 Å². The highest BCUT2D eigenvalue weighted by molar-refractivity contribution is 6.08. The molecule has 0 saturated heterocycles. The third-order valence-electron chi connectivity index (χ3n) is 2.92. The number of nitrogens with zero attached hydrogens (tertiary/aromatic N) is 1. The smallest absolute Gasteiger partial charge is 0.330 e. The second-order valence-electron chi connectivity index (χ2n) is 4.10. The third kappa shape index (κ3) is 2.14. The van der Waals surface area contributed by atoms with Crippen LogP contribution in [0.3, 0.4) is 0 Å². The topological polar surface area (TPSA) is 92.9 Å². The molecule has 1 unspecified atom stereocenters. The van der Waals surface area contributed by atoms with Crippen LogP contribution in [0.15, 0.2) is 18.2 Å². The van der Waals surface area contributed by atoms with Crippen LogP contribution < -0.4 is 15.4 Å². The summed E-state index contributed by atoms with van der Waals surface area (Å²) in [6.07, 6.45) is 0.788.